The molecule has 0 radical (unpaired) electrons. The molecule has 0 aliphatic heterocycles. The van der Waals surface area contributed by atoms with E-state index >= 15 is 0 Å². The van der Waals surface area contributed by atoms with E-state index in [9.17, 15) is 29.1 Å². The average Bonchev–Trinajstić information content (AvgIpc) is 2.73. The highest BCUT2D eigenvalue weighted by atomic mass is 16.7. The Morgan fingerprint density at radius 2 is 1.47 bits per heavy atom. The van der Waals surface area contributed by atoms with Crippen LogP contribution in [0.15, 0.2) is 0 Å². The van der Waals surface area contributed by atoms with E-state index in [0.717, 1.165) is 6.92 Å². The molecule has 0 aromatic carbocycles. The van der Waals surface area contributed by atoms with Crippen molar-refractivity contribution in [2.45, 2.75) is 90.3 Å². The van der Waals surface area contributed by atoms with E-state index in [2.05, 4.69) is 0 Å². The van der Waals surface area contributed by atoms with Crippen molar-refractivity contribution in [1.29, 1.82) is 0 Å². The Morgan fingerprint density at radius 1 is 0.867 bits per heavy atom. The van der Waals surface area contributed by atoms with Gasteiger partial charge >= 0.3 is 0 Å². The lowest BCUT2D eigenvalue weighted by molar-refractivity contribution is -0.318. The van der Waals surface area contributed by atoms with Crippen LogP contribution in [0.3, 0.4) is 0 Å². The number of ether oxygens (including phenoxy) is 3. The maximum Gasteiger partial charge on any atom is 0.289 e. The fraction of sp³-hybridized carbons (Fsp3) is 0.762. The summed E-state index contributed by atoms with van der Waals surface area (Å²) in [6.45, 7) is 7.35. The third kappa shape index (κ3) is 5.87. The summed E-state index contributed by atoms with van der Waals surface area (Å²) >= 11 is 0. The Morgan fingerprint density at radius 3 is 1.87 bits per heavy atom. The van der Waals surface area contributed by atoms with Crippen LogP contribution in [0.5, 0.6) is 0 Å². The topological polar surface area (TPSA) is 133 Å². The van der Waals surface area contributed by atoms with Crippen LogP contribution in [0.25, 0.3) is 0 Å². The summed E-state index contributed by atoms with van der Waals surface area (Å²) in [7, 11) is 0. The molecule has 0 amide bonds. The standard InChI is InChI=1S/C21H34O9/c1-6-10-13-29-20(15-23,28-12-8-3)19(14-22,16(5)24)30-21(27,17(25)9-4)18(26)11-7-2/h14-15,27H,6-13H2,1-5H3. The number of aldehydes is 2. The van der Waals surface area contributed by atoms with Crippen LogP contribution >= 0.6 is 0 Å². The lowest BCUT2D eigenvalue weighted by atomic mass is 9.88. The summed E-state index contributed by atoms with van der Waals surface area (Å²) in [4.78, 5) is 62.1. The Kier molecular flexibility index (Phi) is 12.0. The molecule has 0 bridgehead atoms. The first-order chi connectivity index (χ1) is 14.1. The van der Waals surface area contributed by atoms with Gasteiger partial charge in [-0.3, -0.25) is 24.0 Å². The summed E-state index contributed by atoms with van der Waals surface area (Å²) < 4.78 is 16.4. The summed E-state index contributed by atoms with van der Waals surface area (Å²) in [6, 6.07) is 0. The van der Waals surface area contributed by atoms with Gasteiger partial charge in [-0.1, -0.05) is 34.1 Å². The largest absolute Gasteiger partial charge is 0.354 e. The molecule has 0 heterocycles. The molecule has 9 heteroatoms. The zero-order chi connectivity index (χ0) is 23.4. The fourth-order valence-electron chi connectivity index (χ4n) is 2.75. The van der Waals surface area contributed by atoms with Crippen molar-refractivity contribution >= 4 is 29.9 Å². The van der Waals surface area contributed by atoms with Gasteiger partial charge in [-0.2, -0.15) is 0 Å². The van der Waals surface area contributed by atoms with Crippen LogP contribution < -0.4 is 0 Å². The first-order valence-corrected chi connectivity index (χ1v) is 10.3. The fourth-order valence-corrected chi connectivity index (χ4v) is 2.75. The van der Waals surface area contributed by atoms with Crippen molar-refractivity contribution in [2.75, 3.05) is 13.2 Å². The molecule has 0 aromatic heterocycles. The third-order valence-corrected chi connectivity index (χ3v) is 4.56. The number of hydrogen-bond acceptors (Lipinski definition) is 9. The van der Waals surface area contributed by atoms with Gasteiger partial charge in [-0.15, -0.1) is 0 Å². The van der Waals surface area contributed by atoms with E-state index in [1.165, 1.54) is 6.92 Å². The summed E-state index contributed by atoms with van der Waals surface area (Å²) in [5.41, 5.74) is -2.87. The van der Waals surface area contributed by atoms with Gasteiger partial charge in [0.25, 0.3) is 11.6 Å². The maximum absolute atomic E-state index is 12.7. The van der Waals surface area contributed by atoms with Gasteiger partial charge in [0.2, 0.25) is 5.60 Å². The molecular weight excluding hydrogens is 396 g/mol. The highest BCUT2D eigenvalue weighted by Crippen LogP contribution is 2.35. The molecule has 172 valence electrons. The van der Waals surface area contributed by atoms with Gasteiger partial charge in [-0.05, 0) is 26.2 Å². The maximum atomic E-state index is 12.7. The van der Waals surface area contributed by atoms with Crippen LogP contribution in [0.1, 0.15) is 73.1 Å². The second-order valence-corrected chi connectivity index (χ2v) is 6.94. The average molecular weight is 430 g/mol. The van der Waals surface area contributed by atoms with Gasteiger partial charge in [0.1, 0.15) is 0 Å². The van der Waals surface area contributed by atoms with E-state index in [4.69, 9.17) is 14.2 Å². The molecule has 1 N–H and O–H groups in total. The number of rotatable bonds is 18. The lowest BCUT2D eigenvalue weighted by Crippen LogP contribution is -2.70. The molecule has 0 saturated heterocycles. The highest BCUT2D eigenvalue weighted by molar-refractivity contribution is 6.11. The number of carbonyl (C=O) groups is 5. The molecule has 0 aliphatic rings. The molecule has 9 nitrogen and oxygen atoms in total. The molecule has 3 atom stereocenters. The van der Waals surface area contributed by atoms with Crippen LogP contribution in [0.2, 0.25) is 0 Å². The van der Waals surface area contributed by atoms with E-state index in [1.54, 1.807) is 13.8 Å². The van der Waals surface area contributed by atoms with E-state index in [-0.39, 0.29) is 45.0 Å². The zero-order valence-corrected chi connectivity index (χ0v) is 18.5. The van der Waals surface area contributed by atoms with Crippen molar-refractivity contribution in [2.24, 2.45) is 0 Å². The minimum Gasteiger partial charge on any atom is -0.354 e. The first kappa shape index (κ1) is 28.2. The van der Waals surface area contributed by atoms with Gasteiger partial charge in [0, 0.05) is 12.8 Å². The summed E-state index contributed by atoms with van der Waals surface area (Å²) in [5.74, 6) is -8.86. The molecule has 0 rings (SSSR count). The van der Waals surface area contributed by atoms with Gasteiger partial charge in [0.05, 0.1) is 13.2 Å². The zero-order valence-electron chi connectivity index (χ0n) is 18.5. The monoisotopic (exact) mass is 430 g/mol. The second kappa shape index (κ2) is 12.8. The first-order valence-electron chi connectivity index (χ1n) is 10.3. The molecule has 0 fully saturated rings. The molecule has 30 heavy (non-hydrogen) atoms. The molecule has 3 unspecified atom stereocenters. The molecule has 0 spiro atoms. The van der Waals surface area contributed by atoms with Crippen LogP contribution in [0.4, 0.5) is 0 Å². The van der Waals surface area contributed by atoms with Crippen LogP contribution in [-0.4, -0.2) is 65.4 Å². The quantitative estimate of drug-likeness (QED) is 0.149. The van der Waals surface area contributed by atoms with Gasteiger partial charge in [0.15, 0.2) is 29.9 Å². The van der Waals surface area contributed by atoms with Crippen LogP contribution in [0, 0.1) is 0 Å². The summed E-state index contributed by atoms with van der Waals surface area (Å²) in [6.07, 6.45) is 1.26. The van der Waals surface area contributed by atoms with Crippen molar-refractivity contribution in [3.05, 3.63) is 0 Å². The molecule has 0 saturated carbocycles. The number of hydrogen-bond donors (Lipinski definition) is 1. The minimum atomic E-state index is -3.12. The van der Waals surface area contributed by atoms with Crippen molar-refractivity contribution in [1.82, 2.24) is 0 Å². The van der Waals surface area contributed by atoms with E-state index < -0.39 is 34.5 Å². The third-order valence-electron chi connectivity index (χ3n) is 4.56. The number of unbranched alkanes of at least 4 members (excludes halogenated alkanes) is 1. The highest BCUT2D eigenvalue weighted by Gasteiger charge is 2.65. The molecular formula is C21H34O9. The summed E-state index contributed by atoms with van der Waals surface area (Å²) in [5, 5.41) is 10.9. The van der Waals surface area contributed by atoms with Crippen molar-refractivity contribution in [3.8, 4) is 0 Å². The second-order valence-electron chi connectivity index (χ2n) is 6.94. The number of Topliss-reactive ketones (excluding diaryl/α,β-unsaturated/α-hetero) is 3. The molecule has 0 aliphatic carbocycles. The Labute approximate surface area is 177 Å². The number of ketones is 3. The predicted octanol–water partition coefficient (Wildman–Crippen LogP) is 1.71. The predicted molar refractivity (Wildman–Crippen MR) is 107 cm³/mol. The smallest absolute Gasteiger partial charge is 0.289 e. The Bertz CT molecular complexity index is 618. The molecule has 0 aromatic rings. The van der Waals surface area contributed by atoms with E-state index in [1.807, 2.05) is 6.92 Å². The van der Waals surface area contributed by atoms with Crippen LogP contribution in [-0.2, 0) is 38.2 Å². The Balaban J connectivity index is 6.69. The van der Waals surface area contributed by atoms with Gasteiger partial charge < -0.3 is 19.3 Å². The van der Waals surface area contributed by atoms with E-state index in [0.29, 0.717) is 19.3 Å². The van der Waals surface area contributed by atoms with Crippen molar-refractivity contribution in [3.63, 3.8) is 0 Å². The number of carbonyl (C=O) groups excluding carboxylic acids is 5. The van der Waals surface area contributed by atoms with Crippen molar-refractivity contribution < 1.29 is 43.3 Å². The normalized spacial score (nSPS) is 17.3. The van der Waals surface area contributed by atoms with Gasteiger partial charge in [-0.25, -0.2) is 0 Å². The minimum absolute atomic E-state index is 0.0571. The lowest BCUT2D eigenvalue weighted by Gasteiger charge is -2.43. The number of aliphatic hydroxyl groups is 1. The Hall–Kier alpha value is -1.81. The SMILES string of the molecule is CCCCOC(C=O)(OCCC)C(C=O)(OC(O)(C(=O)CC)C(=O)CCC)C(C)=O.